The molecule has 0 bridgehead atoms. The standard InChI is InChI=1S/C18H17N5O2/c1-22-17(24)14-5-3-4-6-15(14)23-16(20-21-18(22)23)11-19-12-7-9-13(25-2)10-8-12/h3-10,19H,11H2,1-2H3. The van der Waals surface area contributed by atoms with Gasteiger partial charge in [0.1, 0.15) is 5.75 Å². The van der Waals surface area contributed by atoms with Gasteiger partial charge in [-0.2, -0.15) is 0 Å². The first-order valence-corrected chi connectivity index (χ1v) is 7.88. The van der Waals surface area contributed by atoms with E-state index in [0.717, 1.165) is 22.8 Å². The van der Waals surface area contributed by atoms with Gasteiger partial charge < -0.3 is 10.1 Å². The van der Waals surface area contributed by atoms with Crippen molar-refractivity contribution in [3.8, 4) is 5.75 Å². The van der Waals surface area contributed by atoms with Gasteiger partial charge in [-0.3, -0.25) is 13.8 Å². The Morgan fingerprint density at radius 1 is 1.08 bits per heavy atom. The fraction of sp³-hybridized carbons (Fsp3) is 0.167. The molecule has 0 atom stereocenters. The van der Waals surface area contributed by atoms with Crippen molar-refractivity contribution in [3.05, 3.63) is 64.7 Å². The first-order valence-electron chi connectivity index (χ1n) is 7.88. The summed E-state index contributed by atoms with van der Waals surface area (Å²) in [7, 11) is 3.35. The third kappa shape index (κ3) is 2.50. The van der Waals surface area contributed by atoms with Gasteiger partial charge in [0.15, 0.2) is 5.82 Å². The van der Waals surface area contributed by atoms with Crippen molar-refractivity contribution in [2.45, 2.75) is 6.54 Å². The Morgan fingerprint density at radius 2 is 1.84 bits per heavy atom. The number of para-hydroxylation sites is 1. The average Bonchev–Trinajstić information content (AvgIpc) is 3.09. The van der Waals surface area contributed by atoms with Crippen LogP contribution in [-0.2, 0) is 13.6 Å². The van der Waals surface area contributed by atoms with E-state index in [0.29, 0.717) is 17.7 Å². The lowest BCUT2D eigenvalue weighted by Crippen LogP contribution is -2.20. The summed E-state index contributed by atoms with van der Waals surface area (Å²) in [6.07, 6.45) is 0. The Labute approximate surface area is 143 Å². The monoisotopic (exact) mass is 335 g/mol. The van der Waals surface area contributed by atoms with Crippen LogP contribution in [-0.4, -0.2) is 26.3 Å². The molecule has 4 rings (SSSR count). The zero-order valence-electron chi connectivity index (χ0n) is 13.9. The van der Waals surface area contributed by atoms with Gasteiger partial charge in [0, 0.05) is 12.7 Å². The Hall–Kier alpha value is -3.35. The normalized spacial score (nSPS) is 11.1. The van der Waals surface area contributed by atoms with E-state index in [2.05, 4.69) is 15.5 Å². The minimum absolute atomic E-state index is 0.0786. The molecule has 0 amide bonds. The zero-order valence-corrected chi connectivity index (χ0v) is 13.9. The maximum Gasteiger partial charge on any atom is 0.262 e. The highest BCUT2D eigenvalue weighted by atomic mass is 16.5. The van der Waals surface area contributed by atoms with Crippen molar-refractivity contribution >= 4 is 22.4 Å². The maximum atomic E-state index is 12.4. The Bertz CT molecular complexity index is 1110. The first kappa shape index (κ1) is 15.2. The third-order valence-electron chi connectivity index (χ3n) is 4.23. The van der Waals surface area contributed by atoms with Gasteiger partial charge in [-0.1, -0.05) is 12.1 Å². The molecule has 2 aromatic heterocycles. The van der Waals surface area contributed by atoms with Crippen LogP contribution in [0.1, 0.15) is 5.82 Å². The van der Waals surface area contributed by atoms with E-state index in [1.54, 1.807) is 14.2 Å². The number of fused-ring (bicyclic) bond motifs is 3. The van der Waals surface area contributed by atoms with Crippen LogP contribution in [0.25, 0.3) is 16.7 Å². The number of ether oxygens (including phenoxy) is 1. The summed E-state index contributed by atoms with van der Waals surface area (Å²) in [6, 6.07) is 15.2. The fourth-order valence-electron chi connectivity index (χ4n) is 2.90. The number of benzene rings is 2. The summed E-state index contributed by atoms with van der Waals surface area (Å²) >= 11 is 0. The summed E-state index contributed by atoms with van der Waals surface area (Å²) in [4.78, 5) is 12.4. The summed E-state index contributed by atoms with van der Waals surface area (Å²) < 4.78 is 8.59. The topological polar surface area (TPSA) is 73.4 Å². The number of nitrogens with zero attached hydrogens (tertiary/aromatic N) is 4. The summed E-state index contributed by atoms with van der Waals surface area (Å²) in [5.74, 6) is 2.06. The van der Waals surface area contributed by atoms with Crippen LogP contribution < -0.4 is 15.6 Å². The number of anilines is 1. The van der Waals surface area contributed by atoms with Crippen LogP contribution in [0.4, 0.5) is 5.69 Å². The van der Waals surface area contributed by atoms with Gasteiger partial charge in [-0.15, -0.1) is 10.2 Å². The van der Waals surface area contributed by atoms with Crippen LogP contribution >= 0.6 is 0 Å². The average molecular weight is 335 g/mol. The molecule has 126 valence electrons. The second-order valence-electron chi connectivity index (χ2n) is 5.72. The van der Waals surface area contributed by atoms with E-state index in [-0.39, 0.29) is 5.56 Å². The van der Waals surface area contributed by atoms with Gasteiger partial charge >= 0.3 is 0 Å². The number of hydrogen-bond donors (Lipinski definition) is 1. The molecule has 4 aromatic rings. The second kappa shape index (κ2) is 5.94. The van der Waals surface area contributed by atoms with Crippen LogP contribution in [0.5, 0.6) is 5.75 Å². The largest absolute Gasteiger partial charge is 0.497 e. The van der Waals surface area contributed by atoms with E-state index in [4.69, 9.17) is 4.74 Å². The molecule has 7 heteroatoms. The van der Waals surface area contributed by atoms with Crippen LogP contribution in [0.3, 0.4) is 0 Å². The number of aryl methyl sites for hydroxylation is 1. The first-order chi connectivity index (χ1) is 12.2. The molecule has 0 saturated carbocycles. The van der Waals surface area contributed by atoms with E-state index in [1.807, 2.05) is 52.9 Å². The highest BCUT2D eigenvalue weighted by molar-refractivity contribution is 5.80. The molecule has 0 radical (unpaired) electrons. The van der Waals surface area contributed by atoms with E-state index in [9.17, 15) is 4.79 Å². The van der Waals surface area contributed by atoms with Gasteiger partial charge in [0.2, 0.25) is 5.78 Å². The quantitative estimate of drug-likeness (QED) is 0.619. The molecule has 0 aliphatic heterocycles. The Kier molecular flexibility index (Phi) is 3.61. The van der Waals surface area contributed by atoms with Crippen LogP contribution in [0.2, 0.25) is 0 Å². The molecule has 0 saturated heterocycles. The number of nitrogens with one attached hydrogen (secondary N) is 1. The molecule has 0 aliphatic rings. The number of methoxy groups -OCH3 is 1. The molecule has 2 aromatic carbocycles. The molecule has 0 unspecified atom stereocenters. The van der Waals surface area contributed by atoms with E-state index >= 15 is 0 Å². The minimum atomic E-state index is -0.0786. The molecular formula is C18H17N5O2. The number of aromatic nitrogens is 4. The van der Waals surface area contributed by atoms with Crippen molar-refractivity contribution in [1.82, 2.24) is 19.2 Å². The molecule has 7 nitrogen and oxygen atoms in total. The number of rotatable bonds is 4. The SMILES string of the molecule is COc1ccc(NCc2nnc3n(C)c(=O)c4ccccc4n23)cc1. The Morgan fingerprint density at radius 3 is 2.60 bits per heavy atom. The van der Waals surface area contributed by atoms with Gasteiger partial charge in [0.05, 0.1) is 24.6 Å². The Balaban J connectivity index is 1.76. The lowest BCUT2D eigenvalue weighted by atomic mass is 10.2. The number of hydrogen-bond acceptors (Lipinski definition) is 5. The van der Waals surface area contributed by atoms with Gasteiger partial charge in [0.25, 0.3) is 5.56 Å². The molecule has 1 N–H and O–H groups in total. The van der Waals surface area contributed by atoms with Crippen molar-refractivity contribution in [2.75, 3.05) is 12.4 Å². The lowest BCUT2D eigenvalue weighted by Gasteiger charge is -2.09. The zero-order chi connectivity index (χ0) is 17.4. The summed E-state index contributed by atoms with van der Waals surface area (Å²) in [5, 5.41) is 12.4. The smallest absolute Gasteiger partial charge is 0.262 e. The second-order valence-corrected chi connectivity index (χ2v) is 5.72. The van der Waals surface area contributed by atoms with Crippen LogP contribution in [0, 0.1) is 0 Å². The van der Waals surface area contributed by atoms with Gasteiger partial charge in [-0.05, 0) is 36.4 Å². The van der Waals surface area contributed by atoms with Crippen molar-refractivity contribution in [3.63, 3.8) is 0 Å². The van der Waals surface area contributed by atoms with Crippen molar-refractivity contribution < 1.29 is 4.74 Å². The minimum Gasteiger partial charge on any atom is -0.497 e. The van der Waals surface area contributed by atoms with Crippen molar-refractivity contribution in [2.24, 2.45) is 7.05 Å². The molecule has 0 aliphatic carbocycles. The van der Waals surface area contributed by atoms with E-state index in [1.165, 1.54) is 4.57 Å². The third-order valence-corrected chi connectivity index (χ3v) is 4.23. The van der Waals surface area contributed by atoms with E-state index < -0.39 is 0 Å². The van der Waals surface area contributed by atoms with Crippen LogP contribution in [0.15, 0.2) is 53.3 Å². The molecule has 25 heavy (non-hydrogen) atoms. The van der Waals surface area contributed by atoms with Crippen molar-refractivity contribution in [1.29, 1.82) is 0 Å². The predicted octanol–water partition coefficient (Wildman–Crippen LogP) is 2.20. The molecular weight excluding hydrogens is 318 g/mol. The lowest BCUT2D eigenvalue weighted by molar-refractivity contribution is 0.415. The fourth-order valence-corrected chi connectivity index (χ4v) is 2.90. The van der Waals surface area contributed by atoms with Gasteiger partial charge in [-0.25, -0.2) is 0 Å². The molecule has 2 heterocycles. The summed E-state index contributed by atoms with van der Waals surface area (Å²) in [6.45, 7) is 0.482. The highest BCUT2D eigenvalue weighted by Crippen LogP contribution is 2.17. The summed E-state index contributed by atoms with van der Waals surface area (Å²) in [5.41, 5.74) is 1.67. The molecule has 0 spiro atoms. The predicted molar refractivity (Wildman–Crippen MR) is 96.1 cm³/mol. The maximum absolute atomic E-state index is 12.4. The molecule has 0 fully saturated rings. The highest BCUT2D eigenvalue weighted by Gasteiger charge is 2.14.